The molecule has 1 aromatic rings. The Kier molecular flexibility index (Phi) is 3.68. The molecule has 1 aromatic carbocycles. The quantitative estimate of drug-likeness (QED) is 0.870. The predicted molar refractivity (Wildman–Crippen MR) is 67.5 cm³/mol. The Labute approximate surface area is 114 Å². The smallest absolute Gasteiger partial charge is 0.341 e. The van der Waals surface area contributed by atoms with Crippen LogP contribution < -0.4 is 5.32 Å². The van der Waals surface area contributed by atoms with Gasteiger partial charge in [-0.2, -0.15) is 8.78 Å². The van der Waals surface area contributed by atoms with E-state index in [-0.39, 0.29) is 5.69 Å². The lowest BCUT2D eigenvalue weighted by Crippen LogP contribution is -2.52. The lowest BCUT2D eigenvalue weighted by atomic mass is 9.76. The molecular weight excluding hydrogens is 292 g/mol. The molecule has 1 aliphatic carbocycles. The van der Waals surface area contributed by atoms with E-state index in [1.165, 1.54) is 18.2 Å². The fraction of sp³-hybridized carbons (Fsp3) is 0.417. The van der Waals surface area contributed by atoms with Crippen molar-refractivity contribution in [3.05, 3.63) is 24.3 Å². The van der Waals surface area contributed by atoms with E-state index in [2.05, 4.69) is 5.32 Å². The lowest BCUT2D eigenvalue weighted by Gasteiger charge is -2.39. The minimum atomic E-state index is -4.78. The van der Waals surface area contributed by atoms with E-state index in [0.717, 1.165) is 6.07 Å². The summed E-state index contributed by atoms with van der Waals surface area (Å²) in [4.78, 5) is 10.7. The molecule has 8 heteroatoms. The van der Waals surface area contributed by atoms with Gasteiger partial charge in [0.25, 0.3) is 0 Å². The topological polar surface area (TPSA) is 83.5 Å². The van der Waals surface area contributed by atoms with Crippen molar-refractivity contribution in [3.63, 3.8) is 0 Å². The van der Waals surface area contributed by atoms with Crippen LogP contribution in [0.1, 0.15) is 19.3 Å². The molecule has 0 aromatic heterocycles. The molecule has 2 N–H and O–H groups in total. The highest BCUT2D eigenvalue weighted by atomic mass is 32.2. The number of sulfone groups is 1. The normalized spacial score (nSPS) is 17.6. The standard InChI is InChI=1S/C12H13F2NO4S/c13-11(14)20(18,19)9-5-2-1-4-8(9)15-12(10(16)17)6-3-7-12/h1-2,4-5,11,15H,3,6-7H2,(H,16,17). The molecular formula is C12H13F2NO4S. The molecule has 0 unspecified atom stereocenters. The third-order valence-electron chi connectivity index (χ3n) is 3.42. The van der Waals surface area contributed by atoms with Crippen LogP contribution in [0.25, 0.3) is 0 Å². The molecule has 1 aliphatic rings. The maximum atomic E-state index is 12.6. The van der Waals surface area contributed by atoms with E-state index in [1.807, 2.05) is 0 Å². The first kappa shape index (κ1) is 14.7. The van der Waals surface area contributed by atoms with Gasteiger partial charge in [-0.3, -0.25) is 0 Å². The molecule has 0 spiro atoms. The van der Waals surface area contributed by atoms with Crippen molar-refractivity contribution in [1.82, 2.24) is 0 Å². The molecule has 2 rings (SSSR count). The van der Waals surface area contributed by atoms with Crippen LogP contribution in [0.3, 0.4) is 0 Å². The number of hydrogen-bond donors (Lipinski definition) is 2. The van der Waals surface area contributed by atoms with Crippen LogP contribution in [0.15, 0.2) is 29.2 Å². The first-order valence-electron chi connectivity index (χ1n) is 5.92. The predicted octanol–water partition coefficient (Wildman–Crippen LogP) is 2.10. The third-order valence-corrected chi connectivity index (χ3v) is 4.86. The average Bonchev–Trinajstić information content (AvgIpc) is 2.33. The number of rotatable bonds is 5. The zero-order valence-corrected chi connectivity index (χ0v) is 11.2. The number of halogens is 2. The summed E-state index contributed by atoms with van der Waals surface area (Å²) in [7, 11) is -4.78. The van der Waals surface area contributed by atoms with Gasteiger partial charge in [0, 0.05) is 0 Å². The van der Waals surface area contributed by atoms with E-state index >= 15 is 0 Å². The van der Waals surface area contributed by atoms with Crippen molar-refractivity contribution < 1.29 is 27.1 Å². The molecule has 0 aliphatic heterocycles. The summed E-state index contributed by atoms with van der Waals surface area (Å²) in [5.74, 6) is -4.67. The third kappa shape index (κ3) is 2.35. The zero-order valence-electron chi connectivity index (χ0n) is 10.3. The zero-order chi connectivity index (χ0) is 15.0. The average molecular weight is 305 g/mol. The molecule has 0 bridgehead atoms. The summed E-state index contributed by atoms with van der Waals surface area (Å²) in [5, 5.41) is 11.8. The Morgan fingerprint density at radius 1 is 1.30 bits per heavy atom. The fourth-order valence-electron chi connectivity index (χ4n) is 2.09. The van der Waals surface area contributed by atoms with Gasteiger partial charge in [0.15, 0.2) is 0 Å². The van der Waals surface area contributed by atoms with Gasteiger partial charge in [0.05, 0.1) is 10.6 Å². The molecule has 1 fully saturated rings. The number of benzene rings is 1. The van der Waals surface area contributed by atoms with Crippen molar-refractivity contribution in [2.75, 3.05) is 5.32 Å². The van der Waals surface area contributed by atoms with E-state index in [9.17, 15) is 27.1 Å². The van der Waals surface area contributed by atoms with Crippen LogP contribution in [0, 0.1) is 0 Å². The van der Waals surface area contributed by atoms with E-state index in [4.69, 9.17) is 0 Å². The number of carboxylic acid groups (broad SMARTS) is 1. The number of hydrogen-bond acceptors (Lipinski definition) is 4. The number of carbonyl (C=O) groups is 1. The number of carboxylic acids is 1. The molecule has 1 saturated carbocycles. The minimum absolute atomic E-state index is 0.102. The highest BCUT2D eigenvalue weighted by Crippen LogP contribution is 2.38. The van der Waals surface area contributed by atoms with Gasteiger partial charge in [-0.25, -0.2) is 13.2 Å². The lowest BCUT2D eigenvalue weighted by molar-refractivity contribution is -0.145. The summed E-state index contributed by atoms with van der Waals surface area (Å²) in [6, 6.07) is 5.10. The first-order valence-corrected chi connectivity index (χ1v) is 7.47. The largest absolute Gasteiger partial charge is 0.480 e. The second-order valence-corrected chi connectivity index (χ2v) is 6.55. The number of anilines is 1. The summed E-state index contributed by atoms with van der Waals surface area (Å²) in [6.45, 7) is 0. The van der Waals surface area contributed by atoms with E-state index in [0.29, 0.717) is 19.3 Å². The molecule has 0 saturated heterocycles. The second-order valence-electron chi connectivity index (χ2n) is 4.67. The maximum absolute atomic E-state index is 12.6. The molecule has 0 amide bonds. The Morgan fingerprint density at radius 2 is 1.90 bits per heavy atom. The molecule has 0 heterocycles. The number of nitrogens with one attached hydrogen (secondary N) is 1. The molecule has 0 radical (unpaired) electrons. The van der Waals surface area contributed by atoms with Crippen molar-refractivity contribution in [2.45, 2.75) is 35.5 Å². The van der Waals surface area contributed by atoms with Crippen LogP contribution >= 0.6 is 0 Å². The van der Waals surface area contributed by atoms with Gasteiger partial charge < -0.3 is 10.4 Å². The fourth-order valence-corrected chi connectivity index (χ4v) is 2.98. The molecule has 20 heavy (non-hydrogen) atoms. The van der Waals surface area contributed by atoms with Crippen molar-refractivity contribution in [3.8, 4) is 0 Å². The van der Waals surface area contributed by atoms with Crippen LogP contribution in [-0.2, 0) is 14.6 Å². The summed E-state index contributed by atoms with van der Waals surface area (Å²) in [6.07, 6.45) is 1.33. The van der Waals surface area contributed by atoms with Crippen molar-refractivity contribution in [2.24, 2.45) is 0 Å². The van der Waals surface area contributed by atoms with Gasteiger partial charge in [-0.1, -0.05) is 12.1 Å². The molecule has 0 atom stereocenters. The molecule has 110 valence electrons. The van der Waals surface area contributed by atoms with Crippen molar-refractivity contribution in [1.29, 1.82) is 0 Å². The summed E-state index contributed by atoms with van der Waals surface area (Å²) < 4.78 is 48.4. The Morgan fingerprint density at radius 3 is 2.35 bits per heavy atom. The highest BCUT2D eigenvalue weighted by Gasteiger charge is 2.45. The van der Waals surface area contributed by atoms with Crippen molar-refractivity contribution >= 4 is 21.5 Å². The molecule has 5 nitrogen and oxygen atoms in total. The second kappa shape index (κ2) is 5.01. The van der Waals surface area contributed by atoms with E-state index < -0.39 is 32.0 Å². The van der Waals surface area contributed by atoms with Crippen LogP contribution in [0.4, 0.5) is 14.5 Å². The number of para-hydroxylation sites is 1. The highest BCUT2D eigenvalue weighted by molar-refractivity contribution is 7.91. The first-order chi connectivity index (χ1) is 9.29. The Bertz CT molecular complexity index is 626. The number of aliphatic carboxylic acids is 1. The Balaban J connectivity index is 2.42. The maximum Gasteiger partial charge on any atom is 0.341 e. The minimum Gasteiger partial charge on any atom is -0.480 e. The van der Waals surface area contributed by atoms with Crippen LogP contribution in [0.5, 0.6) is 0 Å². The van der Waals surface area contributed by atoms with Gasteiger partial charge >= 0.3 is 11.7 Å². The van der Waals surface area contributed by atoms with Gasteiger partial charge in [0.1, 0.15) is 5.54 Å². The van der Waals surface area contributed by atoms with Gasteiger partial charge in [-0.15, -0.1) is 0 Å². The monoisotopic (exact) mass is 305 g/mol. The van der Waals surface area contributed by atoms with E-state index in [1.54, 1.807) is 0 Å². The summed E-state index contributed by atoms with van der Waals surface area (Å²) in [5.41, 5.74) is -1.37. The van der Waals surface area contributed by atoms with Crippen LogP contribution in [-0.4, -0.2) is 30.8 Å². The SMILES string of the molecule is O=C(O)C1(Nc2ccccc2S(=O)(=O)C(F)F)CCC1. The Hall–Kier alpha value is -1.70. The summed E-state index contributed by atoms with van der Waals surface area (Å²) >= 11 is 0. The van der Waals surface area contributed by atoms with Crippen LogP contribution in [0.2, 0.25) is 0 Å². The van der Waals surface area contributed by atoms with Gasteiger partial charge in [0.2, 0.25) is 9.84 Å². The van der Waals surface area contributed by atoms with Gasteiger partial charge in [-0.05, 0) is 31.4 Å². The number of alkyl halides is 2.